The molecule has 3 rings (SSSR count). The van der Waals surface area contributed by atoms with Crippen LogP contribution in [0.2, 0.25) is 0 Å². The maximum absolute atomic E-state index is 5.69. The Bertz CT molecular complexity index is 947. The van der Waals surface area contributed by atoms with Gasteiger partial charge in [0.05, 0.1) is 38.0 Å². The highest BCUT2D eigenvalue weighted by molar-refractivity contribution is 9.10. The number of nitrogens with one attached hydrogen (secondary N) is 2. The summed E-state index contributed by atoms with van der Waals surface area (Å²) in [5.41, 5.74) is 1.47. The van der Waals surface area contributed by atoms with E-state index in [4.69, 9.17) is 26.4 Å². The van der Waals surface area contributed by atoms with E-state index in [1.807, 2.05) is 36.4 Å². The standard InChI is InChI=1S/C19H19BrN4O3S/c1-25-16-7-8-17(18(9-16)26-2)23-19(28)22-14-10-21-24(11-14)12-27-15-5-3-13(20)4-6-15/h3-11H,12H2,1-2H3,(H2,22,23,28). The molecule has 0 saturated carbocycles. The average molecular weight is 463 g/mol. The van der Waals surface area contributed by atoms with Crippen LogP contribution < -0.4 is 24.8 Å². The Labute approximate surface area is 176 Å². The number of hydrogen-bond acceptors (Lipinski definition) is 5. The first-order chi connectivity index (χ1) is 13.6. The Balaban J connectivity index is 1.56. The lowest BCUT2D eigenvalue weighted by atomic mass is 10.2. The molecule has 0 atom stereocenters. The van der Waals surface area contributed by atoms with Crippen LogP contribution in [0.5, 0.6) is 17.2 Å². The van der Waals surface area contributed by atoms with Crippen molar-refractivity contribution in [2.75, 3.05) is 24.9 Å². The zero-order valence-electron chi connectivity index (χ0n) is 15.3. The average Bonchev–Trinajstić information content (AvgIpc) is 3.15. The van der Waals surface area contributed by atoms with Crippen molar-refractivity contribution in [3.8, 4) is 17.2 Å². The molecule has 0 aliphatic carbocycles. The molecule has 0 amide bonds. The van der Waals surface area contributed by atoms with Gasteiger partial charge in [0.25, 0.3) is 0 Å². The van der Waals surface area contributed by atoms with Crippen molar-refractivity contribution in [3.05, 3.63) is 59.3 Å². The van der Waals surface area contributed by atoms with Crippen LogP contribution in [0.15, 0.2) is 59.3 Å². The Morgan fingerprint density at radius 2 is 1.82 bits per heavy atom. The number of thiocarbonyl (C=S) groups is 1. The van der Waals surface area contributed by atoms with E-state index >= 15 is 0 Å². The van der Waals surface area contributed by atoms with Crippen molar-refractivity contribution < 1.29 is 14.2 Å². The normalized spacial score (nSPS) is 10.2. The van der Waals surface area contributed by atoms with Crippen molar-refractivity contribution in [2.45, 2.75) is 6.73 Å². The van der Waals surface area contributed by atoms with Gasteiger partial charge < -0.3 is 24.8 Å². The highest BCUT2D eigenvalue weighted by Gasteiger charge is 2.08. The van der Waals surface area contributed by atoms with Gasteiger partial charge in [-0.05, 0) is 48.6 Å². The van der Waals surface area contributed by atoms with Crippen molar-refractivity contribution in [2.24, 2.45) is 0 Å². The first kappa shape index (κ1) is 20.0. The van der Waals surface area contributed by atoms with E-state index in [9.17, 15) is 0 Å². The van der Waals surface area contributed by atoms with Gasteiger partial charge in [0.2, 0.25) is 0 Å². The number of methoxy groups -OCH3 is 2. The maximum Gasteiger partial charge on any atom is 0.180 e. The smallest absolute Gasteiger partial charge is 0.180 e. The minimum Gasteiger partial charge on any atom is -0.497 e. The molecule has 1 heterocycles. The van der Waals surface area contributed by atoms with Crippen LogP contribution in [-0.4, -0.2) is 29.1 Å². The number of nitrogens with zero attached hydrogens (tertiary/aromatic N) is 2. The number of ether oxygens (including phenoxy) is 3. The summed E-state index contributed by atoms with van der Waals surface area (Å²) < 4.78 is 18.9. The third-order valence-electron chi connectivity index (χ3n) is 3.73. The second kappa shape index (κ2) is 9.43. The largest absolute Gasteiger partial charge is 0.497 e. The summed E-state index contributed by atoms with van der Waals surface area (Å²) >= 11 is 8.76. The van der Waals surface area contributed by atoms with Crippen molar-refractivity contribution >= 4 is 44.6 Å². The Kier molecular flexibility index (Phi) is 6.72. The van der Waals surface area contributed by atoms with E-state index in [1.54, 1.807) is 37.4 Å². The molecule has 1 aromatic heterocycles. The first-order valence-corrected chi connectivity index (χ1v) is 9.48. The molecular formula is C19H19BrN4O3S. The highest BCUT2D eigenvalue weighted by Crippen LogP contribution is 2.29. The van der Waals surface area contributed by atoms with Gasteiger partial charge in [-0.3, -0.25) is 0 Å². The Morgan fingerprint density at radius 1 is 1.07 bits per heavy atom. The van der Waals surface area contributed by atoms with Crippen LogP contribution in [0.4, 0.5) is 11.4 Å². The lowest BCUT2D eigenvalue weighted by Gasteiger charge is -2.13. The molecule has 2 N–H and O–H groups in total. The third kappa shape index (κ3) is 5.37. The van der Waals surface area contributed by atoms with E-state index in [2.05, 4.69) is 31.7 Å². The Morgan fingerprint density at radius 3 is 2.54 bits per heavy atom. The quantitative estimate of drug-likeness (QED) is 0.500. The van der Waals surface area contributed by atoms with Crippen LogP contribution >= 0.6 is 28.1 Å². The fraction of sp³-hybridized carbons (Fsp3) is 0.158. The number of aromatic nitrogens is 2. The van der Waals surface area contributed by atoms with E-state index in [0.29, 0.717) is 16.6 Å². The molecular weight excluding hydrogens is 444 g/mol. The minimum absolute atomic E-state index is 0.288. The first-order valence-electron chi connectivity index (χ1n) is 8.28. The predicted octanol–water partition coefficient (Wildman–Crippen LogP) is 4.51. The van der Waals surface area contributed by atoms with Crippen LogP contribution in [0.25, 0.3) is 0 Å². The molecule has 0 aliphatic heterocycles. The number of benzene rings is 2. The SMILES string of the molecule is COc1ccc(NC(=S)Nc2cnn(COc3ccc(Br)cc3)c2)c(OC)c1. The van der Waals surface area contributed by atoms with E-state index in [-0.39, 0.29) is 6.73 Å². The zero-order chi connectivity index (χ0) is 19.9. The summed E-state index contributed by atoms with van der Waals surface area (Å²) in [4.78, 5) is 0. The Hall–Kier alpha value is -2.78. The fourth-order valence-electron chi connectivity index (χ4n) is 2.36. The van der Waals surface area contributed by atoms with Crippen LogP contribution in [-0.2, 0) is 6.73 Å². The summed E-state index contributed by atoms with van der Waals surface area (Å²) in [5.74, 6) is 2.09. The van der Waals surface area contributed by atoms with Gasteiger partial charge in [-0.2, -0.15) is 5.10 Å². The van der Waals surface area contributed by atoms with Gasteiger partial charge in [-0.15, -0.1) is 0 Å². The molecule has 0 aliphatic rings. The molecule has 0 radical (unpaired) electrons. The van der Waals surface area contributed by atoms with Gasteiger partial charge in [0, 0.05) is 10.5 Å². The van der Waals surface area contributed by atoms with Gasteiger partial charge in [-0.25, -0.2) is 4.68 Å². The van der Waals surface area contributed by atoms with Gasteiger partial charge in [0.1, 0.15) is 17.2 Å². The molecule has 9 heteroatoms. The van der Waals surface area contributed by atoms with Crippen molar-refractivity contribution in [1.29, 1.82) is 0 Å². The summed E-state index contributed by atoms with van der Waals surface area (Å²) in [6.07, 6.45) is 3.47. The number of hydrogen-bond donors (Lipinski definition) is 2. The zero-order valence-corrected chi connectivity index (χ0v) is 17.7. The fourth-order valence-corrected chi connectivity index (χ4v) is 2.85. The molecule has 0 fully saturated rings. The second-order valence-corrected chi connectivity index (χ2v) is 6.97. The van der Waals surface area contributed by atoms with Crippen LogP contribution in [0.1, 0.15) is 0 Å². The topological polar surface area (TPSA) is 69.6 Å². The minimum atomic E-state index is 0.288. The lowest BCUT2D eigenvalue weighted by Crippen LogP contribution is -2.19. The molecule has 0 bridgehead atoms. The maximum atomic E-state index is 5.69. The van der Waals surface area contributed by atoms with E-state index < -0.39 is 0 Å². The number of anilines is 2. The molecule has 0 spiro atoms. The molecule has 7 nitrogen and oxygen atoms in total. The molecule has 3 aromatic rings. The van der Waals surface area contributed by atoms with E-state index in [1.165, 1.54) is 0 Å². The summed E-state index contributed by atoms with van der Waals surface area (Å²) in [7, 11) is 3.19. The van der Waals surface area contributed by atoms with Gasteiger partial charge in [0.15, 0.2) is 11.8 Å². The molecule has 146 valence electrons. The van der Waals surface area contributed by atoms with Crippen molar-refractivity contribution in [1.82, 2.24) is 9.78 Å². The molecule has 28 heavy (non-hydrogen) atoms. The second-order valence-electron chi connectivity index (χ2n) is 5.64. The summed E-state index contributed by atoms with van der Waals surface area (Å²) in [5, 5.41) is 10.9. The van der Waals surface area contributed by atoms with Crippen LogP contribution in [0.3, 0.4) is 0 Å². The van der Waals surface area contributed by atoms with Gasteiger partial charge >= 0.3 is 0 Å². The molecule has 0 saturated heterocycles. The monoisotopic (exact) mass is 462 g/mol. The molecule has 2 aromatic carbocycles. The number of rotatable bonds is 7. The summed E-state index contributed by atoms with van der Waals surface area (Å²) in [6.45, 7) is 0.288. The lowest BCUT2D eigenvalue weighted by molar-refractivity contribution is 0.221. The third-order valence-corrected chi connectivity index (χ3v) is 4.46. The van der Waals surface area contributed by atoms with Gasteiger partial charge in [-0.1, -0.05) is 15.9 Å². The predicted molar refractivity (Wildman–Crippen MR) is 116 cm³/mol. The highest BCUT2D eigenvalue weighted by atomic mass is 79.9. The van der Waals surface area contributed by atoms with Crippen LogP contribution in [0, 0.1) is 0 Å². The van der Waals surface area contributed by atoms with Crippen molar-refractivity contribution in [3.63, 3.8) is 0 Å². The summed E-state index contributed by atoms with van der Waals surface area (Å²) in [6, 6.07) is 13.0. The number of halogens is 1. The van der Waals surface area contributed by atoms with E-state index in [0.717, 1.165) is 21.6 Å². The molecule has 0 unspecified atom stereocenters.